The Hall–Kier alpha value is -1.45. The number of aromatic nitrogens is 4. The predicted molar refractivity (Wildman–Crippen MR) is 30.5 cm³/mol. The van der Waals surface area contributed by atoms with Crippen LogP contribution in [0.4, 0.5) is 0 Å². The second kappa shape index (κ2) is 1.51. The minimum absolute atomic E-state index is 0.727. The zero-order chi connectivity index (χ0) is 6.10. The molecule has 0 aliphatic heterocycles. The first-order valence-corrected chi connectivity index (χ1v) is 2.48. The molecule has 0 spiro atoms. The van der Waals surface area contributed by atoms with E-state index in [-0.39, 0.29) is 0 Å². The normalized spacial score (nSPS) is 10.2. The van der Waals surface area contributed by atoms with Gasteiger partial charge in [-0.25, -0.2) is 9.97 Å². The largest absolute Gasteiger partial charge is 0.274 e. The third-order valence-corrected chi connectivity index (χ3v) is 1.05. The summed E-state index contributed by atoms with van der Waals surface area (Å²) in [5.41, 5.74) is 1.54. The number of aromatic amines is 1. The number of rotatable bonds is 0. The number of nitrogens with one attached hydrogen (secondary N) is 1. The van der Waals surface area contributed by atoms with Crippen molar-refractivity contribution < 1.29 is 0 Å². The van der Waals surface area contributed by atoms with Crippen molar-refractivity contribution in [1.82, 2.24) is 20.2 Å². The molecule has 9 heavy (non-hydrogen) atoms. The molecule has 1 radical (unpaired) electrons. The van der Waals surface area contributed by atoms with Gasteiger partial charge in [-0.1, -0.05) is 0 Å². The van der Waals surface area contributed by atoms with Crippen LogP contribution in [-0.2, 0) is 0 Å². The smallest absolute Gasteiger partial charge is 0.141 e. The van der Waals surface area contributed by atoms with Crippen LogP contribution in [0, 0.1) is 6.20 Å². The SMILES string of the molecule is [c]1n[nH]c2cncnc12. The highest BCUT2D eigenvalue weighted by molar-refractivity contribution is 5.70. The second-order valence-electron chi connectivity index (χ2n) is 1.62. The molecule has 0 aromatic carbocycles. The van der Waals surface area contributed by atoms with Crippen LogP contribution < -0.4 is 0 Å². The fourth-order valence-corrected chi connectivity index (χ4v) is 0.642. The summed E-state index contributed by atoms with van der Waals surface area (Å²) in [6.07, 6.45) is 5.79. The number of nitrogens with zero attached hydrogens (tertiary/aromatic N) is 3. The van der Waals surface area contributed by atoms with Crippen LogP contribution in [0.25, 0.3) is 11.0 Å². The lowest BCUT2D eigenvalue weighted by atomic mass is 10.5. The highest BCUT2D eigenvalue weighted by atomic mass is 15.1. The molecule has 0 atom stereocenters. The summed E-state index contributed by atoms with van der Waals surface area (Å²) in [6.45, 7) is 0. The monoisotopic (exact) mass is 119 g/mol. The summed E-state index contributed by atoms with van der Waals surface area (Å²) in [7, 11) is 0. The van der Waals surface area contributed by atoms with Crippen molar-refractivity contribution >= 4 is 11.0 Å². The summed E-state index contributed by atoms with van der Waals surface area (Å²) in [5.74, 6) is 0. The maximum Gasteiger partial charge on any atom is 0.141 e. The number of hydrogen-bond acceptors (Lipinski definition) is 3. The first-order chi connectivity index (χ1) is 4.47. The van der Waals surface area contributed by atoms with Crippen LogP contribution in [0.3, 0.4) is 0 Å². The molecule has 2 aromatic heterocycles. The maximum absolute atomic E-state index is 3.88. The Kier molecular flexibility index (Phi) is 0.745. The highest BCUT2D eigenvalue weighted by Gasteiger charge is 1.91. The van der Waals surface area contributed by atoms with Crippen LogP contribution in [0.5, 0.6) is 0 Å². The van der Waals surface area contributed by atoms with Crippen LogP contribution in [0.2, 0.25) is 0 Å². The van der Waals surface area contributed by atoms with Crippen LogP contribution in [-0.4, -0.2) is 20.2 Å². The maximum atomic E-state index is 3.88. The lowest BCUT2D eigenvalue weighted by Gasteiger charge is -1.79. The molecule has 4 nitrogen and oxygen atoms in total. The fourth-order valence-electron chi connectivity index (χ4n) is 0.642. The molecule has 2 aromatic rings. The molecule has 0 bridgehead atoms. The minimum atomic E-state index is 0.727. The molecule has 0 saturated heterocycles. The molecule has 0 amide bonds. The van der Waals surface area contributed by atoms with Crippen molar-refractivity contribution in [3.05, 3.63) is 18.7 Å². The van der Waals surface area contributed by atoms with Crippen LogP contribution in [0.1, 0.15) is 0 Å². The van der Waals surface area contributed by atoms with Crippen LogP contribution >= 0.6 is 0 Å². The average molecular weight is 119 g/mol. The Balaban J connectivity index is 2.95. The van der Waals surface area contributed by atoms with Gasteiger partial charge in [0.15, 0.2) is 0 Å². The van der Waals surface area contributed by atoms with E-state index in [1.54, 1.807) is 6.20 Å². The van der Waals surface area contributed by atoms with Crippen molar-refractivity contribution in [3.63, 3.8) is 0 Å². The Bertz CT molecular complexity index is 283. The number of hydrogen-bond donors (Lipinski definition) is 1. The van der Waals surface area contributed by atoms with Crippen molar-refractivity contribution in [2.75, 3.05) is 0 Å². The third-order valence-electron chi connectivity index (χ3n) is 1.05. The molecule has 4 heteroatoms. The highest BCUT2D eigenvalue weighted by Crippen LogP contribution is 2.00. The topological polar surface area (TPSA) is 54.5 Å². The quantitative estimate of drug-likeness (QED) is 0.537. The standard InChI is InChI=1S/C5H3N4/c1-5-4(2-8-9-5)7-3-6-1/h1,3H,(H,8,9). The van der Waals surface area contributed by atoms with E-state index in [1.807, 2.05) is 0 Å². The lowest BCUT2D eigenvalue weighted by Crippen LogP contribution is -1.75. The molecule has 0 aliphatic carbocycles. The fraction of sp³-hybridized carbons (Fsp3) is 0. The summed E-state index contributed by atoms with van der Waals surface area (Å²) < 4.78 is 0. The molecule has 2 rings (SSSR count). The van der Waals surface area contributed by atoms with E-state index in [1.165, 1.54) is 6.33 Å². The first-order valence-electron chi connectivity index (χ1n) is 2.48. The summed E-state index contributed by atoms with van der Waals surface area (Å²) in [5, 5.41) is 6.34. The van der Waals surface area contributed by atoms with E-state index in [4.69, 9.17) is 0 Å². The predicted octanol–water partition coefficient (Wildman–Crippen LogP) is 0.153. The van der Waals surface area contributed by atoms with Gasteiger partial charge in [-0.15, -0.1) is 0 Å². The van der Waals surface area contributed by atoms with E-state index in [9.17, 15) is 0 Å². The van der Waals surface area contributed by atoms with E-state index < -0.39 is 0 Å². The van der Waals surface area contributed by atoms with Gasteiger partial charge in [0, 0.05) is 0 Å². The van der Waals surface area contributed by atoms with E-state index >= 15 is 0 Å². The van der Waals surface area contributed by atoms with Gasteiger partial charge in [0.05, 0.1) is 6.20 Å². The molecule has 0 fully saturated rings. The van der Waals surface area contributed by atoms with Crippen molar-refractivity contribution in [1.29, 1.82) is 0 Å². The summed E-state index contributed by atoms with van der Waals surface area (Å²) in [4.78, 5) is 7.66. The van der Waals surface area contributed by atoms with Gasteiger partial charge in [0.25, 0.3) is 0 Å². The summed E-state index contributed by atoms with van der Waals surface area (Å²) in [6, 6.07) is 0. The van der Waals surface area contributed by atoms with E-state index in [0.717, 1.165) is 11.0 Å². The number of fused-ring (bicyclic) bond motifs is 1. The van der Waals surface area contributed by atoms with Crippen molar-refractivity contribution in [2.45, 2.75) is 0 Å². The second-order valence-corrected chi connectivity index (χ2v) is 1.62. The van der Waals surface area contributed by atoms with Gasteiger partial charge >= 0.3 is 0 Å². The molecule has 43 valence electrons. The zero-order valence-electron chi connectivity index (χ0n) is 4.50. The van der Waals surface area contributed by atoms with E-state index in [2.05, 4.69) is 26.4 Å². The zero-order valence-corrected chi connectivity index (χ0v) is 4.50. The average Bonchev–Trinajstić information content (AvgIpc) is 2.33. The van der Waals surface area contributed by atoms with Crippen molar-refractivity contribution in [2.24, 2.45) is 0 Å². The third kappa shape index (κ3) is 0.561. The van der Waals surface area contributed by atoms with Crippen LogP contribution in [0.15, 0.2) is 12.5 Å². The van der Waals surface area contributed by atoms with Gasteiger partial charge in [-0.3, -0.25) is 5.10 Å². The molecule has 1 N–H and O–H groups in total. The summed E-state index contributed by atoms with van der Waals surface area (Å²) >= 11 is 0. The molecular weight excluding hydrogens is 116 g/mol. The molecule has 0 aliphatic rings. The van der Waals surface area contributed by atoms with Gasteiger partial charge in [0.2, 0.25) is 0 Å². The Labute approximate surface area is 50.9 Å². The Morgan fingerprint density at radius 3 is 3.44 bits per heavy atom. The van der Waals surface area contributed by atoms with Gasteiger partial charge in [0.1, 0.15) is 23.6 Å². The first kappa shape index (κ1) is 4.43. The van der Waals surface area contributed by atoms with Gasteiger partial charge in [-0.2, -0.15) is 5.10 Å². The Morgan fingerprint density at radius 2 is 2.56 bits per heavy atom. The minimum Gasteiger partial charge on any atom is -0.274 e. The molecular formula is C5H3N4. The molecule has 0 saturated carbocycles. The van der Waals surface area contributed by atoms with Crippen molar-refractivity contribution in [3.8, 4) is 0 Å². The van der Waals surface area contributed by atoms with Gasteiger partial charge < -0.3 is 0 Å². The van der Waals surface area contributed by atoms with E-state index in [0.29, 0.717) is 0 Å². The number of H-pyrrole nitrogens is 1. The Morgan fingerprint density at radius 1 is 1.56 bits per heavy atom. The lowest BCUT2D eigenvalue weighted by molar-refractivity contribution is 1.11. The van der Waals surface area contributed by atoms with Gasteiger partial charge in [-0.05, 0) is 0 Å². The molecule has 0 unspecified atom stereocenters. The molecule has 2 heterocycles.